The minimum atomic E-state index is 0.606. The summed E-state index contributed by atoms with van der Waals surface area (Å²) in [5, 5.41) is 6.65. The third kappa shape index (κ3) is 6.74. The van der Waals surface area contributed by atoms with Crippen LogP contribution in [-0.2, 0) is 11.3 Å². The first kappa shape index (κ1) is 18.5. The van der Waals surface area contributed by atoms with Crippen molar-refractivity contribution in [1.29, 1.82) is 0 Å². The van der Waals surface area contributed by atoms with E-state index in [0.29, 0.717) is 6.54 Å². The Morgan fingerprint density at radius 2 is 2.21 bits per heavy atom. The quantitative estimate of drug-likeness (QED) is 0.390. The van der Waals surface area contributed by atoms with Crippen molar-refractivity contribution in [3.05, 3.63) is 23.9 Å². The second-order valence-electron chi connectivity index (χ2n) is 6.37. The number of hydrogen-bond donors (Lipinski definition) is 2. The maximum Gasteiger partial charge on any atom is 0.191 e. The number of rotatable bonds is 10. The Hall–Kier alpha value is -1.82. The fourth-order valence-electron chi connectivity index (χ4n) is 2.38. The van der Waals surface area contributed by atoms with Crippen molar-refractivity contribution in [3.8, 4) is 0 Å². The van der Waals surface area contributed by atoms with Crippen molar-refractivity contribution >= 4 is 11.8 Å². The van der Waals surface area contributed by atoms with Gasteiger partial charge < -0.3 is 20.3 Å². The normalized spacial score (nSPS) is 14.5. The van der Waals surface area contributed by atoms with Crippen LogP contribution in [0.3, 0.4) is 0 Å². The third-order valence-electron chi connectivity index (χ3n) is 3.85. The number of hydrogen-bond acceptors (Lipinski definition) is 4. The Bertz CT molecular complexity index is 514. The smallest absolute Gasteiger partial charge is 0.191 e. The standard InChI is InChI=1S/C18H31N5O/c1-4-19-18(21-11-6-12-24-14-15-8-9-15)22-13-16-7-5-10-20-17(16)23(2)3/h5,7,10,15H,4,6,8-9,11-14H2,1-3H3,(H2,19,21,22). The van der Waals surface area contributed by atoms with Gasteiger partial charge in [-0.3, -0.25) is 0 Å². The van der Waals surface area contributed by atoms with Gasteiger partial charge in [-0.15, -0.1) is 0 Å². The van der Waals surface area contributed by atoms with E-state index in [4.69, 9.17) is 4.74 Å². The fourth-order valence-corrected chi connectivity index (χ4v) is 2.38. The molecule has 24 heavy (non-hydrogen) atoms. The Morgan fingerprint density at radius 3 is 2.92 bits per heavy atom. The molecule has 1 aliphatic rings. The first-order valence-electron chi connectivity index (χ1n) is 8.91. The molecule has 1 aliphatic carbocycles. The monoisotopic (exact) mass is 333 g/mol. The molecule has 0 unspecified atom stereocenters. The molecule has 0 atom stereocenters. The lowest BCUT2D eigenvalue weighted by Gasteiger charge is -2.15. The lowest BCUT2D eigenvalue weighted by Crippen LogP contribution is -2.38. The van der Waals surface area contributed by atoms with Crippen LogP contribution in [0.5, 0.6) is 0 Å². The summed E-state index contributed by atoms with van der Waals surface area (Å²) in [5.41, 5.74) is 1.12. The van der Waals surface area contributed by atoms with Gasteiger partial charge >= 0.3 is 0 Å². The van der Waals surface area contributed by atoms with Crippen LogP contribution < -0.4 is 15.5 Å². The van der Waals surface area contributed by atoms with Crippen LogP contribution in [0.4, 0.5) is 5.82 Å². The Kier molecular flexibility index (Phi) is 7.82. The predicted octanol–water partition coefficient (Wildman–Crippen LogP) is 2.02. The number of pyridine rings is 1. The van der Waals surface area contributed by atoms with E-state index < -0.39 is 0 Å². The lowest BCUT2D eigenvalue weighted by molar-refractivity contribution is 0.123. The SMILES string of the molecule is CCNC(=NCc1cccnc1N(C)C)NCCCOCC1CC1. The maximum absolute atomic E-state index is 5.66. The highest BCUT2D eigenvalue weighted by molar-refractivity contribution is 5.79. The molecule has 0 saturated heterocycles. The van der Waals surface area contributed by atoms with Crippen LogP contribution in [0, 0.1) is 5.92 Å². The molecule has 1 aromatic heterocycles. The van der Waals surface area contributed by atoms with Crippen molar-refractivity contribution in [3.63, 3.8) is 0 Å². The topological polar surface area (TPSA) is 61.8 Å². The Balaban J connectivity index is 1.76. The highest BCUT2D eigenvalue weighted by Gasteiger charge is 2.20. The van der Waals surface area contributed by atoms with Gasteiger partial charge in [0.15, 0.2) is 5.96 Å². The van der Waals surface area contributed by atoms with Crippen LogP contribution in [0.2, 0.25) is 0 Å². The summed E-state index contributed by atoms with van der Waals surface area (Å²) in [5.74, 6) is 2.64. The van der Waals surface area contributed by atoms with Crippen molar-refractivity contribution in [2.75, 3.05) is 45.3 Å². The molecule has 6 nitrogen and oxygen atoms in total. The first-order chi connectivity index (χ1) is 11.7. The van der Waals surface area contributed by atoms with E-state index in [1.807, 2.05) is 31.3 Å². The van der Waals surface area contributed by atoms with Crippen LogP contribution in [0.25, 0.3) is 0 Å². The summed E-state index contributed by atoms with van der Waals surface area (Å²) in [6, 6.07) is 4.02. The van der Waals surface area contributed by atoms with Crippen LogP contribution >= 0.6 is 0 Å². The molecule has 2 rings (SSSR count). The second kappa shape index (κ2) is 10.1. The summed E-state index contributed by atoms with van der Waals surface area (Å²) in [7, 11) is 4.00. The molecular formula is C18H31N5O. The van der Waals surface area contributed by atoms with Crippen molar-refractivity contribution < 1.29 is 4.74 Å². The van der Waals surface area contributed by atoms with E-state index in [1.54, 1.807) is 0 Å². The van der Waals surface area contributed by atoms with Gasteiger partial charge in [0.2, 0.25) is 0 Å². The molecule has 6 heteroatoms. The fraction of sp³-hybridized carbons (Fsp3) is 0.667. The number of guanidine groups is 1. The van der Waals surface area contributed by atoms with E-state index >= 15 is 0 Å². The minimum Gasteiger partial charge on any atom is -0.381 e. The molecular weight excluding hydrogens is 302 g/mol. The molecule has 0 bridgehead atoms. The molecule has 0 aromatic carbocycles. The highest BCUT2D eigenvalue weighted by atomic mass is 16.5. The summed E-state index contributed by atoms with van der Waals surface area (Å²) in [4.78, 5) is 11.1. The van der Waals surface area contributed by atoms with Gasteiger partial charge in [-0.05, 0) is 38.2 Å². The zero-order valence-corrected chi connectivity index (χ0v) is 15.2. The molecule has 1 fully saturated rings. The van der Waals surface area contributed by atoms with Crippen LogP contribution in [0.15, 0.2) is 23.3 Å². The zero-order valence-electron chi connectivity index (χ0n) is 15.2. The number of nitrogens with zero attached hydrogens (tertiary/aromatic N) is 3. The number of nitrogens with one attached hydrogen (secondary N) is 2. The van der Waals surface area contributed by atoms with E-state index in [9.17, 15) is 0 Å². The van der Waals surface area contributed by atoms with Gasteiger partial charge in [-0.1, -0.05) is 6.07 Å². The van der Waals surface area contributed by atoms with Crippen molar-refractivity contribution in [1.82, 2.24) is 15.6 Å². The average molecular weight is 333 g/mol. The summed E-state index contributed by atoms with van der Waals surface area (Å²) >= 11 is 0. The van der Waals surface area contributed by atoms with Crippen LogP contribution in [0.1, 0.15) is 31.7 Å². The molecule has 1 heterocycles. The van der Waals surface area contributed by atoms with Gasteiger partial charge in [-0.25, -0.2) is 9.98 Å². The number of aliphatic imine (C=N–C) groups is 1. The highest BCUT2D eigenvalue weighted by Crippen LogP contribution is 2.28. The van der Waals surface area contributed by atoms with E-state index in [-0.39, 0.29) is 0 Å². The molecule has 134 valence electrons. The van der Waals surface area contributed by atoms with Gasteiger partial charge in [0.05, 0.1) is 6.54 Å². The maximum atomic E-state index is 5.66. The van der Waals surface area contributed by atoms with E-state index in [1.165, 1.54) is 12.8 Å². The van der Waals surface area contributed by atoms with Crippen LogP contribution in [-0.4, -0.2) is 51.3 Å². The first-order valence-corrected chi connectivity index (χ1v) is 8.91. The summed E-state index contributed by atoms with van der Waals surface area (Å²) in [6.07, 6.45) is 5.50. The van der Waals surface area contributed by atoms with E-state index in [0.717, 1.165) is 56.0 Å². The average Bonchev–Trinajstić information content (AvgIpc) is 3.40. The minimum absolute atomic E-state index is 0.606. The van der Waals surface area contributed by atoms with E-state index in [2.05, 4.69) is 33.6 Å². The van der Waals surface area contributed by atoms with Gasteiger partial charge in [0, 0.05) is 52.2 Å². The third-order valence-corrected chi connectivity index (χ3v) is 3.85. The zero-order chi connectivity index (χ0) is 17.2. The molecule has 1 aromatic rings. The Morgan fingerprint density at radius 1 is 1.38 bits per heavy atom. The lowest BCUT2D eigenvalue weighted by atomic mass is 10.2. The molecule has 0 radical (unpaired) electrons. The van der Waals surface area contributed by atoms with Crippen molar-refractivity contribution in [2.24, 2.45) is 10.9 Å². The molecule has 2 N–H and O–H groups in total. The molecule has 1 saturated carbocycles. The van der Waals surface area contributed by atoms with Gasteiger partial charge in [0.25, 0.3) is 0 Å². The van der Waals surface area contributed by atoms with Gasteiger partial charge in [0.1, 0.15) is 5.82 Å². The number of aromatic nitrogens is 1. The summed E-state index contributed by atoms with van der Waals surface area (Å²) in [6.45, 7) is 6.14. The number of anilines is 1. The van der Waals surface area contributed by atoms with Gasteiger partial charge in [-0.2, -0.15) is 0 Å². The molecule has 0 aliphatic heterocycles. The Labute approximate surface area is 145 Å². The molecule has 0 spiro atoms. The van der Waals surface area contributed by atoms with Crippen molar-refractivity contribution in [2.45, 2.75) is 32.7 Å². The predicted molar refractivity (Wildman–Crippen MR) is 99.5 cm³/mol. The summed E-state index contributed by atoms with van der Waals surface area (Å²) < 4.78 is 5.66. The number of ether oxygens (including phenoxy) is 1. The molecule has 0 amide bonds. The largest absolute Gasteiger partial charge is 0.381 e. The second-order valence-corrected chi connectivity index (χ2v) is 6.37.